The van der Waals surface area contributed by atoms with Crippen LogP contribution in [0.5, 0.6) is 0 Å². The molecule has 3 aliphatic rings. The Balaban J connectivity index is 1.90. The zero-order chi connectivity index (χ0) is 8.13. The fourth-order valence-electron chi connectivity index (χ4n) is 4.18. The zero-order valence-electron chi connectivity index (χ0n) is 7.92. The van der Waals surface area contributed by atoms with E-state index in [2.05, 4.69) is 12.2 Å². The van der Waals surface area contributed by atoms with Gasteiger partial charge in [-0.2, -0.15) is 0 Å². The maximum atomic E-state index is 3.74. The smallest absolute Gasteiger partial charge is 0.00984 e. The van der Waals surface area contributed by atoms with Gasteiger partial charge >= 0.3 is 0 Å². The standard InChI is InChI=1S/C11H19N/c1-2-10-7-3-8-4-9(10)6-12-11(8)5-7/h7-12H,2-6H2,1H3/t7?,8?,9?,10-,11?/m1/s1. The zero-order valence-corrected chi connectivity index (χ0v) is 7.92. The Labute approximate surface area is 74.9 Å². The van der Waals surface area contributed by atoms with E-state index in [1.54, 1.807) is 12.8 Å². The fraction of sp³-hybridized carbons (Fsp3) is 1.00. The SMILES string of the molecule is CC[C@H]1C2CNC3CC1CC3C2. The average Bonchev–Trinajstić information content (AvgIpc) is 2.35. The summed E-state index contributed by atoms with van der Waals surface area (Å²) in [6.45, 7) is 3.72. The van der Waals surface area contributed by atoms with E-state index in [0.29, 0.717) is 0 Å². The van der Waals surface area contributed by atoms with Crippen molar-refractivity contribution in [2.24, 2.45) is 23.7 Å². The normalized spacial score (nSPS) is 56.2. The van der Waals surface area contributed by atoms with Crippen molar-refractivity contribution in [3.05, 3.63) is 0 Å². The van der Waals surface area contributed by atoms with Gasteiger partial charge in [-0.1, -0.05) is 13.3 Å². The highest BCUT2D eigenvalue weighted by Crippen LogP contribution is 2.51. The molecule has 1 nitrogen and oxygen atoms in total. The van der Waals surface area contributed by atoms with Crippen LogP contribution in [0.25, 0.3) is 0 Å². The van der Waals surface area contributed by atoms with Crippen molar-refractivity contribution in [2.75, 3.05) is 6.54 Å². The quantitative estimate of drug-likeness (QED) is 0.627. The summed E-state index contributed by atoms with van der Waals surface area (Å²) in [6, 6.07) is 0.919. The van der Waals surface area contributed by atoms with E-state index >= 15 is 0 Å². The van der Waals surface area contributed by atoms with Crippen molar-refractivity contribution in [3.63, 3.8) is 0 Å². The van der Waals surface area contributed by atoms with Crippen LogP contribution < -0.4 is 5.32 Å². The van der Waals surface area contributed by atoms with Gasteiger partial charge in [0.15, 0.2) is 0 Å². The Morgan fingerprint density at radius 3 is 2.75 bits per heavy atom. The van der Waals surface area contributed by atoms with Crippen LogP contribution in [0.1, 0.15) is 32.6 Å². The van der Waals surface area contributed by atoms with Crippen LogP contribution in [-0.2, 0) is 0 Å². The average molecular weight is 165 g/mol. The topological polar surface area (TPSA) is 12.0 Å². The van der Waals surface area contributed by atoms with Gasteiger partial charge in [-0.25, -0.2) is 0 Å². The lowest BCUT2D eigenvalue weighted by atomic mass is 9.70. The van der Waals surface area contributed by atoms with Gasteiger partial charge in [0, 0.05) is 6.04 Å². The summed E-state index contributed by atoms with van der Waals surface area (Å²) in [4.78, 5) is 0. The Morgan fingerprint density at radius 2 is 1.92 bits per heavy atom. The molecule has 3 rings (SSSR count). The Bertz CT molecular complexity index is 181. The number of nitrogens with one attached hydrogen (secondary N) is 1. The monoisotopic (exact) mass is 165 g/mol. The van der Waals surface area contributed by atoms with Gasteiger partial charge in [0.1, 0.15) is 0 Å². The molecule has 2 aliphatic carbocycles. The van der Waals surface area contributed by atoms with E-state index in [1.165, 1.54) is 19.4 Å². The lowest BCUT2D eigenvalue weighted by Gasteiger charge is -2.40. The molecule has 1 saturated heterocycles. The van der Waals surface area contributed by atoms with E-state index < -0.39 is 0 Å². The number of hydrogen-bond donors (Lipinski definition) is 1. The van der Waals surface area contributed by atoms with Crippen LogP contribution in [0.4, 0.5) is 0 Å². The summed E-state index contributed by atoms with van der Waals surface area (Å²) in [5, 5.41) is 3.74. The van der Waals surface area contributed by atoms with E-state index in [0.717, 1.165) is 29.7 Å². The first kappa shape index (κ1) is 7.37. The molecule has 68 valence electrons. The van der Waals surface area contributed by atoms with Gasteiger partial charge in [0.25, 0.3) is 0 Å². The van der Waals surface area contributed by atoms with Crippen LogP contribution in [0.15, 0.2) is 0 Å². The first-order valence-electron chi connectivity index (χ1n) is 5.62. The molecule has 3 bridgehead atoms. The molecule has 0 aromatic heterocycles. The summed E-state index contributed by atoms with van der Waals surface area (Å²) in [7, 11) is 0. The molecular weight excluding hydrogens is 146 g/mol. The molecule has 0 radical (unpaired) electrons. The molecule has 1 aliphatic heterocycles. The van der Waals surface area contributed by atoms with Crippen LogP contribution in [0.3, 0.4) is 0 Å². The van der Waals surface area contributed by atoms with Crippen LogP contribution in [0.2, 0.25) is 0 Å². The van der Waals surface area contributed by atoms with Crippen molar-refractivity contribution in [2.45, 2.75) is 38.6 Å². The van der Waals surface area contributed by atoms with Crippen molar-refractivity contribution in [3.8, 4) is 0 Å². The maximum Gasteiger partial charge on any atom is 0.00984 e. The van der Waals surface area contributed by atoms with E-state index in [-0.39, 0.29) is 0 Å². The van der Waals surface area contributed by atoms with Crippen LogP contribution >= 0.6 is 0 Å². The molecule has 4 unspecified atom stereocenters. The fourth-order valence-corrected chi connectivity index (χ4v) is 4.18. The van der Waals surface area contributed by atoms with Gasteiger partial charge in [-0.05, 0) is 49.5 Å². The number of fused-ring (bicyclic) bond motifs is 2. The molecule has 5 atom stereocenters. The van der Waals surface area contributed by atoms with Gasteiger partial charge in [-0.3, -0.25) is 0 Å². The van der Waals surface area contributed by atoms with Gasteiger partial charge < -0.3 is 5.32 Å². The first-order valence-corrected chi connectivity index (χ1v) is 5.62. The van der Waals surface area contributed by atoms with Gasteiger partial charge in [-0.15, -0.1) is 0 Å². The summed E-state index contributed by atoms with van der Waals surface area (Å²) in [5.74, 6) is 4.27. The van der Waals surface area contributed by atoms with Crippen molar-refractivity contribution < 1.29 is 0 Å². The largest absolute Gasteiger partial charge is 0.313 e. The first-order chi connectivity index (χ1) is 5.88. The lowest BCUT2D eigenvalue weighted by Crippen LogP contribution is -2.44. The van der Waals surface area contributed by atoms with Crippen molar-refractivity contribution in [1.29, 1.82) is 0 Å². The van der Waals surface area contributed by atoms with E-state index in [9.17, 15) is 0 Å². The van der Waals surface area contributed by atoms with E-state index in [1.807, 2.05) is 0 Å². The minimum atomic E-state index is 0.919. The minimum Gasteiger partial charge on any atom is -0.313 e. The molecule has 0 spiro atoms. The summed E-state index contributed by atoms with van der Waals surface area (Å²) >= 11 is 0. The number of rotatable bonds is 1. The molecule has 0 amide bonds. The minimum absolute atomic E-state index is 0.919. The highest BCUT2D eigenvalue weighted by atomic mass is 15.0. The van der Waals surface area contributed by atoms with Crippen LogP contribution in [-0.4, -0.2) is 12.6 Å². The van der Waals surface area contributed by atoms with Crippen molar-refractivity contribution >= 4 is 0 Å². The second kappa shape index (κ2) is 2.47. The Hall–Kier alpha value is -0.0400. The molecule has 1 heterocycles. The second-order valence-electron chi connectivity index (χ2n) is 5.07. The van der Waals surface area contributed by atoms with Crippen molar-refractivity contribution in [1.82, 2.24) is 5.32 Å². The molecule has 3 fully saturated rings. The highest BCUT2D eigenvalue weighted by Gasteiger charge is 2.48. The molecule has 1 heteroatoms. The highest BCUT2D eigenvalue weighted by molar-refractivity contribution is 5.02. The predicted octanol–water partition coefficient (Wildman–Crippen LogP) is 2.03. The molecule has 0 aromatic rings. The molecular formula is C11H19N. The third-order valence-electron chi connectivity index (χ3n) is 4.66. The second-order valence-corrected chi connectivity index (χ2v) is 5.07. The summed E-state index contributed by atoms with van der Waals surface area (Å²) < 4.78 is 0. The maximum absolute atomic E-state index is 3.74. The third-order valence-corrected chi connectivity index (χ3v) is 4.66. The number of piperidine rings is 1. The number of hydrogen-bond acceptors (Lipinski definition) is 1. The summed E-state index contributed by atoms with van der Waals surface area (Å²) in [6.07, 6.45) is 6.02. The predicted molar refractivity (Wildman–Crippen MR) is 49.9 cm³/mol. The van der Waals surface area contributed by atoms with Gasteiger partial charge in [0.2, 0.25) is 0 Å². The Morgan fingerprint density at radius 1 is 1.08 bits per heavy atom. The molecule has 1 N–H and O–H groups in total. The lowest BCUT2D eigenvalue weighted by molar-refractivity contribution is 0.123. The third kappa shape index (κ3) is 0.834. The van der Waals surface area contributed by atoms with E-state index in [4.69, 9.17) is 0 Å². The van der Waals surface area contributed by atoms with Crippen LogP contribution in [0, 0.1) is 23.7 Å². The molecule has 12 heavy (non-hydrogen) atoms. The van der Waals surface area contributed by atoms with Gasteiger partial charge in [0.05, 0.1) is 0 Å². The Kier molecular flexibility index (Phi) is 1.52. The summed E-state index contributed by atoms with van der Waals surface area (Å²) in [5.41, 5.74) is 0. The molecule has 2 saturated carbocycles. The molecule has 0 aromatic carbocycles.